The SMILES string of the molecule is CO/N=C\NC(=O)[C@H](c1ccc(Cl)cc1)c1nc2ccccc2nc1C(F)(F)F. The van der Waals surface area contributed by atoms with Crippen molar-refractivity contribution < 1.29 is 22.8 Å². The summed E-state index contributed by atoms with van der Waals surface area (Å²) < 4.78 is 41.4. The Balaban J connectivity index is 2.23. The van der Waals surface area contributed by atoms with E-state index >= 15 is 0 Å². The molecule has 150 valence electrons. The van der Waals surface area contributed by atoms with Crippen LogP contribution in [0, 0.1) is 0 Å². The number of carbonyl (C=O) groups excluding carboxylic acids is 1. The highest BCUT2D eigenvalue weighted by atomic mass is 35.5. The zero-order valence-corrected chi connectivity index (χ0v) is 15.7. The van der Waals surface area contributed by atoms with Crippen LogP contribution in [0.5, 0.6) is 0 Å². The van der Waals surface area contributed by atoms with E-state index in [0.717, 1.165) is 6.34 Å². The first-order valence-corrected chi connectivity index (χ1v) is 8.63. The van der Waals surface area contributed by atoms with E-state index in [-0.39, 0.29) is 16.6 Å². The van der Waals surface area contributed by atoms with Gasteiger partial charge in [-0.2, -0.15) is 13.2 Å². The highest BCUT2D eigenvalue weighted by Crippen LogP contribution is 2.36. The quantitative estimate of drug-likeness (QED) is 0.381. The van der Waals surface area contributed by atoms with E-state index in [9.17, 15) is 18.0 Å². The van der Waals surface area contributed by atoms with Crippen molar-refractivity contribution in [3.05, 3.63) is 70.5 Å². The van der Waals surface area contributed by atoms with E-state index in [1.165, 1.54) is 43.5 Å². The number of carbonyl (C=O) groups is 1. The molecule has 1 atom stereocenters. The zero-order chi connectivity index (χ0) is 21.0. The second-order valence-electron chi connectivity index (χ2n) is 5.85. The Morgan fingerprint density at radius 3 is 2.34 bits per heavy atom. The predicted octanol–water partition coefficient (Wildman–Crippen LogP) is 4.14. The molecule has 6 nitrogen and oxygen atoms in total. The zero-order valence-electron chi connectivity index (χ0n) is 14.9. The number of para-hydroxylation sites is 2. The largest absolute Gasteiger partial charge is 0.435 e. The molecule has 1 heterocycles. The minimum atomic E-state index is -4.82. The molecule has 1 N–H and O–H groups in total. The van der Waals surface area contributed by atoms with E-state index in [1.54, 1.807) is 12.1 Å². The average molecular weight is 423 g/mol. The van der Waals surface area contributed by atoms with Gasteiger partial charge in [-0.1, -0.05) is 41.0 Å². The minimum absolute atomic E-state index is 0.0692. The Hall–Kier alpha value is -3.20. The number of oxime groups is 1. The summed E-state index contributed by atoms with van der Waals surface area (Å²) in [5.41, 5.74) is -1.21. The molecule has 0 aliphatic heterocycles. The molecule has 29 heavy (non-hydrogen) atoms. The third kappa shape index (κ3) is 4.62. The molecule has 0 aliphatic carbocycles. The normalized spacial score (nSPS) is 12.9. The fraction of sp³-hybridized carbons (Fsp3) is 0.158. The van der Waals surface area contributed by atoms with Crippen molar-refractivity contribution >= 4 is 34.9 Å². The number of hydrogen-bond acceptors (Lipinski definition) is 5. The fourth-order valence-corrected chi connectivity index (χ4v) is 2.86. The van der Waals surface area contributed by atoms with Gasteiger partial charge in [0.25, 0.3) is 0 Å². The molecule has 0 saturated heterocycles. The summed E-state index contributed by atoms with van der Waals surface area (Å²) in [6.07, 6.45) is -3.88. The van der Waals surface area contributed by atoms with Crippen LogP contribution in [0.4, 0.5) is 13.2 Å². The third-order valence-corrected chi connectivity index (χ3v) is 4.22. The first kappa shape index (κ1) is 20.5. The van der Waals surface area contributed by atoms with Gasteiger partial charge < -0.3 is 10.2 Å². The third-order valence-electron chi connectivity index (χ3n) is 3.97. The van der Waals surface area contributed by atoms with Gasteiger partial charge >= 0.3 is 6.18 Å². The summed E-state index contributed by atoms with van der Waals surface area (Å²) in [7, 11) is 1.26. The molecule has 2 aromatic carbocycles. The Bertz CT molecular complexity index is 1060. The van der Waals surface area contributed by atoms with Crippen LogP contribution in [-0.2, 0) is 15.8 Å². The molecule has 1 amide bonds. The van der Waals surface area contributed by atoms with Gasteiger partial charge in [0.05, 0.1) is 16.7 Å². The molecule has 0 aliphatic rings. The van der Waals surface area contributed by atoms with Crippen LogP contribution in [0.3, 0.4) is 0 Å². The summed E-state index contributed by atoms with van der Waals surface area (Å²) in [6.45, 7) is 0. The smallest absolute Gasteiger partial charge is 0.398 e. The van der Waals surface area contributed by atoms with Crippen LogP contribution in [-0.4, -0.2) is 29.3 Å². The molecule has 0 saturated carbocycles. The summed E-state index contributed by atoms with van der Waals surface area (Å²) in [6, 6.07) is 12.0. The lowest BCUT2D eigenvalue weighted by molar-refractivity contribution is -0.142. The summed E-state index contributed by atoms with van der Waals surface area (Å²) in [4.78, 5) is 25.1. The van der Waals surface area contributed by atoms with Crippen LogP contribution in [0.2, 0.25) is 5.02 Å². The standard InChI is InChI=1S/C19H14ClF3N4O2/c1-29-25-10-24-18(28)15(11-6-8-12(20)9-7-11)16-17(19(21,22)23)27-14-5-3-2-4-13(14)26-16/h2-10,15H,1H3,(H,24,25,28)/t15-/m1/s1. The maximum absolute atomic E-state index is 13.8. The number of alkyl halides is 3. The topological polar surface area (TPSA) is 76.5 Å². The van der Waals surface area contributed by atoms with Gasteiger partial charge in [0, 0.05) is 5.02 Å². The molecule has 3 rings (SSSR count). The van der Waals surface area contributed by atoms with E-state index in [1.807, 2.05) is 0 Å². The van der Waals surface area contributed by atoms with Crippen molar-refractivity contribution in [1.82, 2.24) is 15.3 Å². The molecule has 0 fully saturated rings. The second-order valence-corrected chi connectivity index (χ2v) is 6.29. The number of nitrogens with zero attached hydrogens (tertiary/aromatic N) is 3. The van der Waals surface area contributed by atoms with Gasteiger partial charge in [0.15, 0.2) is 5.69 Å². The summed E-state index contributed by atoms with van der Waals surface area (Å²) in [5.74, 6) is -2.20. The van der Waals surface area contributed by atoms with Crippen molar-refractivity contribution in [2.75, 3.05) is 7.11 Å². The highest BCUT2D eigenvalue weighted by Gasteiger charge is 2.41. The van der Waals surface area contributed by atoms with E-state index in [2.05, 4.69) is 25.3 Å². The predicted molar refractivity (Wildman–Crippen MR) is 101 cm³/mol. The summed E-state index contributed by atoms with van der Waals surface area (Å²) >= 11 is 5.88. The van der Waals surface area contributed by atoms with Crippen LogP contribution >= 0.6 is 11.6 Å². The minimum Gasteiger partial charge on any atom is -0.398 e. The maximum atomic E-state index is 13.8. The van der Waals surface area contributed by atoms with Gasteiger partial charge in [-0.3, -0.25) is 4.79 Å². The monoisotopic (exact) mass is 422 g/mol. The Kier molecular flexibility index (Phi) is 5.97. The first-order chi connectivity index (χ1) is 13.8. The molecule has 0 spiro atoms. The number of fused-ring (bicyclic) bond motifs is 1. The average Bonchev–Trinajstić information content (AvgIpc) is 2.68. The van der Waals surface area contributed by atoms with E-state index < -0.39 is 29.4 Å². The number of nitrogens with one attached hydrogen (secondary N) is 1. The van der Waals surface area contributed by atoms with Gasteiger partial charge in [0.2, 0.25) is 5.91 Å². The van der Waals surface area contributed by atoms with Gasteiger partial charge in [-0.25, -0.2) is 9.97 Å². The maximum Gasteiger partial charge on any atom is 0.435 e. The molecule has 3 aromatic rings. The molecule has 0 unspecified atom stereocenters. The summed E-state index contributed by atoms with van der Waals surface area (Å²) in [5, 5.41) is 6.05. The van der Waals surface area contributed by atoms with Crippen LogP contribution in [0.1, 0.15) is 22.9 Å². The van der Waals surface area contributed by atoms with Crippen molar-refractivity contribution in [2.24, 2.45) is 5.16 Å². The number of rotatable bonds is 5. The molecule has 0 bridgehead atoms. The van der Waals surface area contributed by atoms with E-state index in [4.69, 9.17) is 11.6 Å². The van der Waals surface area contributed by atoms with Crippen molar-refractivity contribution in [2.45, 2.75) is 12.1 Å². The second kappa shape index (κ2) is 8.44. The Labute approximate surface area is 168 Å². The highest BCUT2D eigenvalue weighted by molar-refractivity contribution is 6.30. The lowest BCUT2D eigenvalue weighted by Gasteiger charge is -2.20. The molecule has 0 radical (unpaired) electrons. The fourth-order valence-electron chi connectivity index (χ4n) is 2.74. The molecular formula is C19H14ClF3N4O2. The molecular weight excluding hydrogens is 409 g/mol. The number of benzene rings is 2. The van der Waals surface area contributed by atoms with Gasteiger partial charge in [0.1, 0.15) is 19.4 Å². The van der Waals surface area contributed by atoms with Crippen molar-refractivity contribution in [3.63, 3.8) is 0 Å². The van der Waals surface area contributed by atoms with Crippen LogP contribution < -0.4 is 5.32 Å². The lowest BCUT2D eigenvalue weighted by Crippen LogP contribution is -2.31. The Morgan fingerprint density at radius 1 is 1.14 bits per heavy atom. The number of halogens is 4. The van der Waals surface area contributed by atoms with Crippen LogP contribution in [0.15, 0.2) is 53.7 Å². The number of amides is 1. The number of hydrogen-bond donors (Lipinski definition) is 1. The molecule has 1 aromatic heterocycles. The van der Waals surface area contributed by atoms with Crippen molar-refractivity contribution in [3.8, 4) is 0 Å². The lowest BCUT2D eigenvalue weighted by atomic mass is 9.92. The van der Waals surface area contributed by atoms with Crippen molar-refractivity contribution in [1.29, 1.82) is 0 Å². The molecule has 10 heteroatoms. The van der Waals surface area contributed by atoms with Crippen LogP contribution in [0.25, 0.3) is 11.0 Å². The van der Waals surface area contributed by atoms with Gasteiger partial charge in [-0.05, 0) is 29.8 Å². The van der Waals surface area contributed by atoms with Gasteiger partial charge in [-0.15, -0.1) is 0 Å². The first-order valence-electron chi connectivity index (χ1n) is 8.26. The van der Waals surface area contributed by atoms with E-state index in [0.29, 0.717) is 5.02 Å². The Morgan fingerprint density at radius 2 is 1.76 bits per heavy atom. The number of aromatic nitrogens is 2.